The van der Waals surface area contributed by atoms with Crippen molar-refractivity contribution in [3.63, 3.8) is 0 Å². The van der Waals surface area contributed by atoms with Crippen LogP contribution in [0.2, 0.25) is 0 Å². The maximum absolute atomic E-state index is 6.02. The number of benzene rings is 1. The molecule has 0 amide bonds. The lowest BCUT2D eigenvalue weighted by Gasteiger charge is -2.23. The molecule has 2 nitrogen and oxygen atoms in total. The van der Waals surface area contributed by atoms with Crippen LogP contribution in [0.1, 0.15) is 58.6 Å². The van der Waals surface area contributed by atoms with Gasteiger partial charge in [-0.1, -0.05) is 45.4 Å². The summed E-state index contributed by atoms with van der Waals surface area (Å²) < 4.78 is 6.02. The summed E-state index contributed by atoms with van der Waals surface area (Å²) in [6.45, 7) is 15.1. The molecular weight excluding hydrogens is 246 g/mol. The van der Waals surface area contributed by atoms with Crippen LogP contribution in [0.5, 0.6) is 5.75 Å². The van der Waals surface area contributed by atoms with E-state index in [1.807, 2.05) is 0 Å². The predicted molar refractivity (Wildman–Crippen MR) is 87.7 cm³/mol. The number of rotatable bonds is 7. The minimum atomic E-state index is 0.123. The van der Waals surface area contributed by atoms with E-state index in [9.17, 15) is 0 Å². The van der Waals surface area contributed by atoms with E-state index >= 15 is 0 Å². The zero-order chi connectivity index (χ0) is 15.2. The SMILES string of the molecule is CCNC(C)CCCOc1ccc(C)cc1C(C)(C)C. The molecule has 0 heterocycles. The molecule has 1 unspecified atom stereocenters. The lowest BCUT2D eigenvalue weighted by Crippen LogP contribution is -2.25. The summed E-state index contributed by atoms with van der Waals surface area (Å²) in [4.78, 5) is 0. The van der Waals surface area contributed by atoms with E-state index in [4.69, 9.17) is 4.74 Å². The van der Waals surface area contributed by atoms with Crippen LogP contribution in [0.25, 0.3) is 0 Å². The van der Waals surface area contributed by atoms with Gasteiger partial charge in [-0.15, -0.1) is 0 Å². The van der Waals surface area contributed by atoms with E-state index < -0.39 is 0 Å². The molecule has 0 aromatic heterocycles. The Labute approximate surface area is 124 Å². The molecule has 2 heteroatoms. The zero-order valence-corrected chi connectivity index (χ0v) is 14.0. The van der Waals surface area contributed by atoms with Gasteiger partial charge in [-0.25, -0.2) is 0 Å². The van der Waals surface area contributed by atoms with Crippen molar-refractivity contribution in [3.8, 4) is 5.75 Å². The predicted octanol–water partition coefficient (Wildman–Crippen LogP) is 4.45. The Balaban J connectivity index is 2.56. The summed E-state index contributed by atoms with van der Waals surface area (Å²) in [7, 11) is 0. The molecule has 0 aliphatic heterocycles. The highest BCUT2D eigenvalue weighted by Gasteiger charge is 2.19. The quantitative estimate of drug-likeness (QED) is 0.743. The van der Waals surface area contributed by atoms with Gasteiger partial charge < -0.3 is 10.1 Å². The van der Waals surface area contributed by atoms with Crippen molar-refractivity contribution in [1.82, 2.24) is 5.32 Å². The van der Waals surface area contributed by atoms with Gasteiger partial charge in [-0.2, -0.15) is 0 Å². The highest BCUT2D eigenvalue weighted by Crippen LogP contribution is 2.32. The van der Waals surface area contributed by atoms with Crippen LogP contribution in [0, 0.1) is 6.92 Å². The third kappa shape index (κ3) is 5.54. The van der Waals surface area contributed by atoms with E-state index in [0.29, 0.717) is 6.04 Å². The number of hydrogen-bond acceptors (Lipinski definition) is 2. The minimum absolute atomic E-state index is 0.123. The highest BCUT2D eigenvalue weighted by molar-refractivity contribution is 5.41. The maximum Gasteiger partial charge on any atom is 0.123 e. The van der Waals surface area contributed by atoms with E-state index in [1.165, 1.54) is 11.1 Å². The van der Waals surface area contributed by atoms with Crippen molar-refractivity contribution in [1.29, 1.82) is 0 Å². The van der Waals surface area contributed by atoms with Gasteiger partial charge in [0.1, 0.15) is 5.75 Å². The first-order valence-electron chi connectivity index (χ1n) is 7.82. The normalized spacial score (nSPS) is 13.3. The van der Waals surface area contributed by atoms with Gasteiger partial charge >= 0.3 is 0 Å². The van der Waals surface area contributed by atoms with Gasteiger partial charge in [0.15, 0.2) is 0 Å². The number of ether oxygens (including phenoxy) is 1. The molecule has 0 aliphatic rings. The lowest BCUT2D eigenvalue weighted by atomic mass is 9.85. The van der Waals surface area contributed by atoms with Crippen LogP contribution in [0.4, 0.5) is 0 Å². The Bertz CT molecular complexity index is 406. The van der Waals surface area contributed by atoms with Gasteiger partial charge in [0.2, 0.25) is 0 Å². The Hall–Kier alpha value is -1.02. The summed E-state index contributed by atoms with van der Waals surface area (Å²) in [5, 5.41) is 3.43. The minimum Gasteiger partial charge on any atom is -0.493 e. The molecule has 114 valence electrons. The average molecular weight is 277 g/mol. The summed E-state index contributed by atoms with van der Waals surface area (Å²) in [5.74, 6) is 1.04. The van der Waals surface area contributed by atoms with Gasteiger partial charge in [-0.05, 0) is 50.3 Å². The summed E-state index contributed by atoms with van der Waals surface area (Å²) in [6, 6.07) is 7.07. The fourth-order valence-electron chi connectivity index (χ4n) is 2.38. The van der Waals surface area contributed by atoms with Crippen LogP contribution < -0.4 is 10.1 Å². The topological polar surface area (TPSA) is 21.3 Å². The smallest absolute Gasteiger partial charge is 0.123 e. The van der Waals surface area contributed by atoms with Crippen LogP contribution in [-0.4, -0.2) is 19.2 Å². The number of hydrogen-bond donors (Lipinski definition) is 1. The van der Waals surface area contributed by atoms with Crippen LogP contribution in [0.15, 0.2) is 18.2 Å². The van der Waals surface area contributed by atoms with Crippen LogP contribution in [-0.2, 0) is 5.41 Å². The van der Waals surface area contributed by atoms with Gasteiger partial charge in [0.05, 0.1) is 6.61 Å². The molecule has 1 aromatic rings. The Kier molecular flexibility index (Phi) is 6.54. The average Bonchev–Trinajstić information content (AvgIpc) is 2.35. The van der Waals surface area contributed by atoms with Gasteiger partial charge in [-0.3, -0.25) is 0 Å². The highest BCUT2D eigenvalue weighted by atomic mass is 16.5. The maximum atomic E-state index is 6.02. The first-order valence-corrected chi connectivity index (χ1v) is 7.82. The molecule has 0 radical (unpaired) electrons. The third-order valence-electron chi connectivity index (χ3n) is 3.53. The van der Waals surface area contributed by atoms with Crippen molar-refractivity contribution < 1.29 is 4.74 Å². The second kappa shape index (κ2) is 7.68. The fraction of sp³-hybridized carbons (Fsp3) is 0.667. The standard InChI is InChI=1S/C18H31NO/c1-7-19-15(3)9-8-12-20-17-11-10-14(2)13-16(17)18(4,5)6/h10-11,13,15,19H,7-9,12H2,1-6H3. The number of nitrogens with one attached hydrogen (secondary N) is 1. The van der Waals surface area contributed by atoms with Crippen LogP contribution in [0.3, 0.4) is 0 Å². The molecule has 1 N–H and O–H groups in total. The van der Waals surface area contributed by atoms with E-state index in [2.05, 4.69) is 65.1 Å². The van der Waals surface area contributed by atoms with E-state index in [0.717, 1.165) is 31.7 Å². The Morgan fingerprint density at radius 2 is 1.95 bits per heavy atom. The molecule has 1 atom stereocenters. The largest absolute Gasteiger partial charge is 0.493 e. The molecule has 20 heavy (non-hydrogen) atoms. The van der Waals surface area contributed by atoms with Crippen LogP contribution >= 0.6 is 0 Å². The molecule has 0 bridgehead atoms. The van der Waals surface area contributed by atoms with Crippen molar-refractivity contribution >= 4 is 0 Å². The van der Waals surface area contributed by atoms with Crippen molar-refractivity contribution in [2.45, 2.75) is 65.8 Å². The molecular formula is C18H31NO. The van der Waals surface area contributed by atoms with E-state index in [1.54, 1.807) is 0 Å². The third-order valence-corrected chi connectivity index (χ3v) is 3.53. The second-order valence-electron chi connectivity index (χ2n) is 6.70. The molecule has 0 saturated carbocycles. The lowest BCUT2D eigenvalue weighted by molar-refractivity contribution is 0.291. The first-order chi connectivity index (χ1) is 9.34. The fourth-order valence-corrected chi connectivity index (χ4v) is 2.38. The number of aryl methyl sites for hydroxylation is 1. The van der Waals surface area contributed by atoms with E-state index in [-0.39, 0.29) is 5.41 Å². The summed E-state index contributed by atoms with van der Waals surface area (Å²) >= 11 is 0. The molecule has 0 fully saturated rings. The zero-order valence-electron chi connectivity index (χ0n) is 14.0. The molecule has 1 rings (SSSR count). The van der Waals surface area contributed by atoms with Gasteiger partial charge in [0.25, 0.3) is 0 Å². The molecule has 0 spiro atoms. The van der Waals surface area contributed by atoms with Crippen molar-refractivity contribution in [2.24, 2.45) is 0 Å². The first kappa shape index (κ1) is 17.0. The monoisotopic (exact) mass is 277 g/mol. The van der Waals surface area contributed by atoms with Crippen molar-refractivity contribution in [3.05, 3.63) is 29.3 Å². The molecule has 0 saturated heterocycles. The molecule has 0 aliphatic carbocycles. The van der Waals surface area contributed by atoms with Gasteiger partial charge in [0, 0.05) is 6.04 Å². The summed E-state index contributed by atoms with van der Waals surface area (Å²) in [5.41, 5.74) is 2.72. The Morgan fingerprint density at radius 3 is 2.55 bits per heavy atom. The second-order valence-corrected chi connectivity index (χ2v) is 6.70. The summed E-state index contributed by atoms with van der Waals surface area (Å²) in [6.07, 6.45) is 2.25. The molecule has 1 aromatic carbocycles. The Morgan fingerprint density at radius 1 is 1.25 bits per heavy atom. The van der Waals surface area contributed by atoms with Crippen molar-refractivity contribution in [2.75, 3.05) is 13.2 Å².